The van der Waals surface area contributed by atoms with Gasteiger partial charge in [0.05, 0.1) is 28.0 Å². The van der Waals surface area contributed by atoms with Crippen LogP contribution in [0.3, 0.4) is 0 Å². The molecule has 0 unspecified atom stereocenters. The highest BCUT2D eigenvalue weighted by atomic mass is 16.6. The fourth-order valence-corrected chi connectivity index (χ4v) is 5.37. The van der Waals surface area contributed by atoms with E-state index in [1.54, 1.807) is 12.1 Å². The maximum absolute atomic E-state index is 13.1. The number of nitro groups is 1. The average molecular weight is 460 g/mol. The summed E-state index contributed by atoms with van der Waals surface area (Å²) >= 11 is 0. The Morgan fingerprint density at radius 3 is 2.47 bits per heavy atom. The van der Waals surface area contributed by atoms with Crippen LogP contribution in [0.2, 0.25) is 0 Å². The SMILES string of the molecule is CC1=C[C@@H]2C[C@H]1[C@@H]1C(=O)N(c3cccc(C(=O)OCC(=O)c4ccc([N+](=O)[O-])cc4)c3)C(=O)[C@H]12. The number of ketones is 1. The van der Waals surface area contributed by atoms with Gasteiger partial charge in [-0.15, -0.1) is 0 Å². The minimum Gasteiger partial charge on any atom is -0.454 e. The van der Waals surface area contributed by atoms with E-state index >= 15 is 0 Å². The van der Waals surface area contributed by atoms with Crippen molar-refractivity contribution in [1.29, 1.82) is 0 Å². The molecule has 2 aliphatic carbocycles. The van der Waals surface area contributed by atoms with Crippen LogP contribution in [0.25, 0.3) is 0 Å². The van der Waals surface area contributed by atoms with E-state index in [4.69, 9.17) is 4.74 Å². The van der Waals surface area contributed by atoms with Crippen LogP contribution in [-0.2, 0) is 14.3 Å². The van der Waals surface area contributed by atoms with Crippen molar-refractivity contribution in [3.8, 4) is 0 Å². The number of benzene rings is 2. The van der Waals surface area contributed by atoms with Gasteiger partial charge < -0.3 is 4.74 Å². The molecule has 2 aromatic carbocycles. The molecule has 2 bridgehead atoms. The van der Waals surface area contributed by atoms with Crippen molar-refractivity contribution in [2.24, 2.45) is 23.7 Å². The predicted octanol–water partition coefficient (Wildman–Crippen LogP) is 3.34. The molecule has 0 N–H and O–H groups in total. The number of anilines is 1. The van der Waals surface area contributed by atoms with Gasteiger partial charge in [0.15, 0.2) is 12.4 Å². The van der Waals surface area contributed by atoms with Gasteiger partial charge in [-0.25, -0.2) is 9.69 Å². The van der Waals surface area contributed by atoms with E-state index in [1.165, 1.54) is 41.3 Å². The summed E-state index contributed by atoms with van der Waals surface area (Å²) in [4.78, 5) is 62.4. The Morgan fingerprint density at radius 2 is 1.76 bits per heavy atom. The second kappa shape index (κ2) is 8.02. The molecule has 2 amide bonds. The molecule has 0 spiro atoms. The molecule has 0 aromatic heterocycles. The van der Waals surface area contributed by atoms with Gasteiger partial charge in [-0.3, -0.25) is 24.5 Å². The van der Waals surface area contributed by atoms with Gasteiger partial charge in [0.1, 0.15) is 0 Å². The van der Waals surface area contributed by atoms with E-state index < -0.39 is 23.3 Å². The first-order valence-corrected chi connectivity index (χ1v) is 10.9. The van der Waals surface area contributed by atoms with Crippen LogP contribution < -0.4 is 4.90 Å². The van der Waals surface area contributed by atoms with Crippen molar-refractivity contribution in [2.45, 2.75) is 13.3 Å². The first-order chi connectivity index (χ1) is 16.3. The second-order valence-corrected chi connectivity index (χ2v) is 8.83. The molecule has 1 saturated heterocycles. The molecule has 1 saturated carbocycles. The number of rotatable bonds is 6. The van der Waals surface area contributed by atoms with E-state index in [-0.39, 0.29) is 52.3 Å². The number of imide groups is 1. The molecule has 1 heterocycles. The second-order valence-electron chi connectivity index (χ2n) is 8.83. The zero-order valence-corrected chi connectivity index (χ0v) is 18.2. The number of carbonyl (C=O) groups is 4. The maximum Gasteiger partial charge on any atom is 0.338 e. The Morgan fingerprint density at radius 1 is 1.06 bits per heavy atom. The van der Waals surface area contributed by atoms with Crippen molar-refractivity contribution >= 4 is 34.9 Å². The number of esters is 1. The van der Waals surface area contributed by atoms with Crippen molar-refractivity contribution in [3.05, 3.63) is 81.4 Å². The Kier molecular flexibility index (Phi) is 5.11. The number of Topliss-reactive ketones (excluding diaryl/α,β-unsaturated/α-hetero) is 1. The molecule has 5 rings (SSSR count). The molecule has 3 aliphatic rings. The standard InChI is InChI=1S/C25H20N2O7/c1-13-9-16-11-19(13)22-21(16)23(29)26(24(22)30)18-4-2-3-15(10-18)25(31)34-12-20(28)14-5-7-17(8-6-14)27(32)33/h2-10,16,19,21-22H,11-12H2,1H3/t16-,19-,21+,22+/m1/s1. The lowest BCUT2D eigenvalue weighted by Gasteiger charge is -2.19. The van der Waals surface area contributed by atoms with Gasteiger partial charge in [0.2, 0.25) is 11.8 Å². The number of allylic oxidation sites excluding steroid dienone is 2. The van der Waals surface area contributed by atoms with Crippen LogP contribution >= 0.6 is 0 Å². The van der Waals surface area contributed by atoms with Gasteiger partial charge >= 0.3 is 5.97 Å². The third-order valence-electron chi connectivity index (χ3n) is 6.96. The van der Waals surface area contributed by atoms with Gasteiger partial charge in [-0.2, -0.15) is 0 Å². The zero-order valence-electron chi connectivity index (χ0n) is 18.2. The minimum absolute atomic E-state index is 0.0787. The van der Waals surface area contributed by atoms with Crippen molar-refractivity contribution in [1.82, 2.24) is 0 Å². The lowest BCUT2D eigenvalue weighted by atomic mass is 9.82. The highest BCUT2D eigenvalue weighted by molar-refractivity contribution is 6.23. The highest BCUT2D eigenvalue weighted by Gasteiger charge is 2.60. The van der Waals surface area contributed by atoms with E-state index in [0.717, 1.165) is 12.0 Å². The number of ether oxygens (including phenoxy) is 1. The third-order valence-corrected chi connectivity index (χ3v) is 6.96. The largest absolute Gasteiger partial charge is 0.454 e. The van der Waals surface area contributed by atoms with Gasteiger partial charge in [-0.1, -0.05) is 17.7 Å². The Bertz CT molecular complexity index is 1280. The summed E-state index contributed by atoms with van der Waals surface area (Å²) in [6.45, 7) is 1.44. The fraction of sp³-hybridized carbons (Fsp3) is 0.280. The summed E-state index contributed by atoms with van der Waals surface area (Å²) in [5, 5.41) is 10.7. The first-order valence-electron chi connectivity index (χ1n) is 10.9. The van der Waals surface area contributed by atoms with Crippen LogP contribution in [0.15, 0.2) is 60.2 Å². The zero-order chi connectivity index (χ0) is 24.1. The topological polar surface area (TPSA) is 124 Å². The van der Waals surface area contributed by atoms with Gasteiger partial charge in [-0.05, 0) is 55.5 Å². The predicted molar refractivity (Wildman–Crippen MR) is 119 cm³/mol. The number of nitrogens with zero attached hydrogens (tertiary/aromatic N) is 2. The van der Waals surface area contributed by atoms with Gasteiger partial charge in [0, 0.05) is 17.7 Å². The van der Waals surface area contributed by atoms with Crippen LogP contribution in [0.4, 0.5) is 11.4 Å². The minimum atomic E-state index is -0.783. The summed E-state index contributed by atoms with van der Waals surface area (Å²) in [7, 11) is 0. The summed E-state index contributed by atoms with van der Waals surface area (Å²) in [6.07, 6.45) is 2.93. The lowest BCUT2D eigenvalue weighted by molar-refractivity contribution is -0.384. The van der Waals surface area contributed by atoms with Gasteiger partial charge in [0.25, 0.3) is 5.69 Å². The maximum atomic E-state index is 13.1. The molecule has 2 fully saturated rings. The number of hydrogen-bond donors (Lipinski definition) is 0. The molecular formula is C25H20N2O7. The van der Waals surface area contributed by atoms with Crippen LogP contribution in [0, 0.1) is 33.8 Å². The van der Waals surface area contributed by atoms with Crippen molar-refractivity contribution in [2.75, 3.05) is 11.5 Å². The van der Waals surface area contributed by atoms with Crippen LogP contribution in [0.5, 0.6) is 0 Å². The summed E-state index contributed by atoms with van der Waals surface area (Å²) in [6, 6.07) is 11.0. The third kappa shape index (κ3) is 3.40. The molecule has 9 nitrogen and oxygen atoms in total. The monoisotopic (exact) mass is 460 g/mol. The van der Waals surface area contributed by atoms with Crippen molar-refractivity contribution in [3.63, 3.8) is 0 Å². The smallest absolute Gasteiger partial charge is 0.338 e. The quantitative estimate of drug-likeness (QED) is 0.162. The Balaban J connectivity index is 1.28. The molecule has 172 valence electrons. The molecular weight excluding hydrogens is 440 g/mol. The first kappa shape index (κ1) is 21.7. The van der Waals surface area contributed by atoms with Crippen molar-refractivity contribution < 1.29 is 28.8 Å². The normalized spacial score (nSPS) is 24.7. The summed E-state index contributed by atoms with van der Waals surface area (Å²) < 4.78 is 5.11. The average Bonchev–Trinajstić information content (AvgIpc) is 3.47. The van der Waals surface area contributed by atoms with Crippen LogP contribution in [0.1, 0.15) is 34.1 Å². The summed E-state index contributed by atoms with van der Waals surface area (Å²) in [5.74, 6) is -2.32. The number of amides is 2. The van der Waals surface area contributed by atoms with Crippen LogP contribution in [-0.4, -0.2) is 35.1 Å². The Labute approximate surface area is 194 Å². The fourth-order valence-electron chi connectivity index (χ4n) is 5.37. The number of nitro benzene ring substituents is 1. The van der Waals surface area contributed by atoms with E-state index in [0.29, 0.717) is 5.69 Å². The molecule has 4 atom stereocenters. The number of fused-ring (bicyclic) bond motifs is 5. The molecule has 2 aromatic rings. The summed E-state index contributed by atoms with van der Waals surface area (Å²) in [5.41, 5.74) is 1.58. The van der Waals surface area contributed by atoms with E-state index in [2.05, 4.69) is 6.08 Å². The highest BCUT2D eigenvalue weighted by Crippen LogP contribution is 2.55. The molecule has 34 heavy (non-hydrogen) atoms. The Hall–Kier alpha value is -4.14. The molecule has 1 aliphatic heterocycles. The molecule has 9 heteroatoms. The molecule has 0 radical (unpaired) electrons. The number of hydrogen-bond acceptors (Lipinski definition) is 7. The van der Waals surface area contributed by atoms with E-state index in [9.17, 15) is 29.3 Å². The van der Waals surface area contributed by atoms with E-state index in [1.807, 2.05) is 6.92 Å². The number of non-ortho nitro benzene ring substituents is 1. The number of carbonyl (C=O) groups excluding carboxylic acids is 4. The lowest BCUT2D eigenvalue weighted by Crippen LogP contribution is -2.33.